The van der Waals surface area contributed by atoms with E-state index in [1.807, 2.05) is 30.3 Å². The predicted molar refractivity (Wildman–Crippen MR) is 68.1 cm³/mol. The number of carbonyl (C=O) groups is 1. The number of amides is 1. The molecule has 0 saturated heterocycles. The fourth-order valence-corrected chi connectivity index (χ4v) is 1.87. The Hall–Kier alpha value is -2.56. The van der Waals surface area contributed by atoms with Crippen LogP contribution in [0.5, 0.6) is 0 Å². The van der Waals surface area contributed by atoms with Crippen LogP contribution in [0.2, 0.25) is 0 Å². The highest BCUT2D eigenvalue weighted by Gasteiger charge is 2.09. The van der Waals surface area contributed by atoms with Gasteiger partial charge in [0.25, 0.3) is 0 Å². The van der Waals surface area contributed by atoms with E-state index in [0.29, 0.717) is 5.82 Å². The topological polar surface area (TPSA) is 70.9 Å². The summed E-state index contributed by atoms with van der Waals surface area (Å²) in [6, 6.07) is 9.51. The molecule has 2 heterocycles. The van der Waals surface area contributed by atoms with Crippen molar-refractivity contribution in [3.05, 3.63) is 36.6 Å². The third-order valence-electron chi connectivity index (χ3n) is 2.66. The Morgan fingerprint density at radius 3 is 3.00 bits per heavy atom. The Labute approximate surface area is 103 Å². The van der Waals surface area contributed by atoms with E-state index < -0.39 is 0 Å². The number of hydrogen-bond donors (Lipinski definition) is 2. The van der Waals surface area contributed by atoms with Crippen molar-refractivity contribution in [2.75, 3.05) is 5.32 Å². The van der Waals surface area contributed by atoms with Crippen molar-refractivity contribution >= 4 is 22.6 Å². The highest BCUT2D eigenvalue weighted by atomic mass is 16.3. The summed E-state index contributed by atoms with van der Waals surface area (Å²) in [6.07, 6.45) is 1.63. The van der Waals surface area contributed by atoms with Gasteiger partial charge < -0.3 is 9.73 Å². The number of nitrogens with one attached hydrogen (secondary N) is 2. The Morgan fingerprint density at radius 2 is 2.28 bits per heavy atom. The molecule has 0 bridgehead atoms. The van der Waals surface area contributed by atoms with Crippen molar-refractivity contribution in [1.29, 1.82) is 0 Å². The van der Waals surface area contributed by atoms with Crippen LogP contribution in [0.3, 0.4) is 0 Å². The normalized spacial score (nSPS) is 10.7. The number of benzene rings is 1. The van der Waals surface area contributed by atoms with E-state index in [1.165, 1.54) is 6.92 Å². The van der Waals surface area contributed by atoms with Crippen LogP contribution in [-0.4, -0.2) is 16.1 Å². The van der Waals surface area contributed by atoms with Crippen LogP contribution in [0.15, 0.2) is 41.0 Å². The average molecular weight is 241 g/mol. The summed E-state index contributed by atoms with van der Waals surface area (Å²) in [6.45, 7) is 1.46. The first-order valence-corrected chi connectivity index (χ1v) is 5.53. The number of furan rings is 1. The van der Waals surface area contributed by atoms with Gasteiger partial charge in [-0.15, -0.1) is 0 Å². The Bertz CT molecular complexity index is 698. The number of H-pyrrole nitrogens is 1. The lowest BCUT2D eigenvalue weighted by molar-refractivity contribution is -0.114. The highest BCUT2D eigenvalue weighted by molar-refractivity contribution is 6.00. The quantitative estimate of drug-likeness (QED) is 0.724. The lowest BCUT2D eigenvalue weighted by atomic mass is 10.1. The molecule has 0 atom stereocenters. The van der Waals surface area contributed by atoms with Crippen molar-refractivity contribution in [1.82, 2.24) is 10.2 Å². The third kappa shape index (κ3) is 1.75. The van der Waals surface area contributed by atoms with Gasteiger partial charge >= 0.3 is 0 Å². The number of rotatable bonds is 2. The SMILES string of the molecule is CC(=O)Nc1n[nH]c2ccc(-c3ccco3)cc12. The van der Waals surface area contributed by atoms with Gasteiger partial charge in [-0.3, -0.25) is 9.89 Å². The van der Waals surface area contributed by atoms with Crippen LogP contribution in [-0.2, 0) is 4.79 Å². The Kier molecular flexibility index (Phi) is 2.37. The Balaban J connectivity index is 2.12. The van der Waals surface area contributed by atoms with Crippen molar-refractivity contribution in [2.24, 2.45) is 0 Å². The van der Waals surface area contributed by atoms with Crippen molar-refractivity contribution in [2.45, 2.75) is 6.92 Å². The van der Waals surface area contributed by atoms with E-state index in [0.717, 1.165) is 22.2 Å². The molecule has 0 saturated carbocycles. The van der Waals surface area contributed by atoms with Crippen LogP contribution >= 0.6 is 0 Å². The number of fused-ring (bicyclic) bond motifs is 1. The molecule has 0 spiro atoms. The molecule has 5 heteroatoms. The predicted octanol–water partition coefficient (Wildman–Crippen LogP) is 2.78. The molecule has 3 rings (SSSR count). The fourth-order valence-electron chi connectivity index (χ4n) is 1.87. The molecule has 0 fully saturated rings. The van der Waals surface area contributed by atoms with Crippen molar-refractivity contribution < 1.29 is 9.21 Å². The summed E-state index contributed by atoms with van der Waals surface area (Å²) in [5, 5.41) is 10.5. The van der Waals surface area contributed by atoms with E-state index in [1.54, 1.807) is 6.26 Å². The van der Waals surface area contributed by atoms with Gasteiger partial charge in [0.15, 0.2) is 5.82 Å². The molecule has 2 aromatic heterocycles. The average Bonchev–Trinajstić information content (AvgIpc) is 2.98. The maximum atomic E-state index is 11.1. The van der Waals surface area contributed by atoms with Crippen LogP contribution in [0, 0.1) is 0 Å². The minimum Gasteiger partial charge on any atom is -0.464 e. The minimum absolute atomic E-state index is 0.146. The maximum Gasteiger partial charge on any atom is 0.222 e. The number of carbonyl (C=O) groups excluding carboxylic acids is 1. The summed E-state index contributed by atoms with van der Waals surface area (Å²) < 4.78 is 5.35. The smallest absolute Gasteiger partial charge is 0.222 e. The molecule has 18 heavy (non-hydrogen) atoms. The van der Waals surface area contributed by atoms with Crippen LogP contribution in [0.1, 0.15) is 6.92 Å². The van der Waals surface area contributed by atoms with Crippen LogP contribution in [0.4, 0.5) is 5.82 Å². The molecule has 0 unspecified atom stereocenters. The molecular formula is C13H11N3O2. The van der Waals surface area contributed by atoms with Gasteiger partial charge in [-0.25, -0.2) is 0 Å². The standard InChI is InChI=1S/C13H11N3O2/c1-8(17)14-13-10-7-9(12-3-2-6-18-12)4-5-11(10)15-16-13/h2-7H,1H3,(H2,14,15,16,17). The first-order valence-electron chi connectivity index (χ1n) is 5.53. The van der Waals surface area contributed by atoms with E-state index in [-0.39, 0.29) is 5.91 Å². The molecule has 5 nitrogen and oxygen atoms in total. The number of hydrogen-bond acceptors (Lipinski definition) is 3. The second-order valence-electron chi connectivity index (χ2n) is 3.99. The van der Waals surface area contributed by atoms with Gasteiger partial charge in [0.05, 0.1) is 11.8 Å². The number of anilines is 1. The van der Waals surface area contributed by atoms with Gasteiger partial charge in [0.1, 0.15) is 5.76 Å². The molecule has 0 aliphatic rings. The maximum absolute atomic E-state index is 11.1. The monoisotopic (exact) mass is 241 g/mol. The number of aromatic amines is 1. The first-order chi connectivity index (χ1) is 8.74. The lowest BCUT2D eigenvalue weighted by Gasteiger charge is -1.99. The fraction of sp³-hybridized carbons (Fsp3) is 0.0769. The first kappa shape index (κ1) is 10.6. The Morgan fingerprint density at radius 1 is 1.39 bits per heavy atom. The molecular weight excluding hydrogens is 230 g/mol. The summed E-state index contributed by atoms with van der Waals surface area (Å²) >= 11 is 0. The summed E-state index contributed by atoms with van der Waals surface area (Å²) in [7, 11) is 0. The molecule has 1 aromatic carbocycles. The van der Waals surface area contributed by atoms with E-state index >= 15 is 0 Å². The van der Waals surface area contributed by atoms with E-state index in [9.17, 15) is 4.79 Å². The van der Waals surface area contributed by atoms with Crippen molar-refractivity contribution in [3.63, 3.8) is 0 Å². The molecule has 3 aromatic rings. The minimum atomic E-state index is -0.146. The second kappa shape index (κ2) is 4.03. The van der Waals surface area contributed by atoms with E-state index in [2.05, 4.69) is 15.5 Å². The molecule has 0 aliphatic heterocycles. The molecule has 0 radical (unpaired) electrons. The molecule has 1 amide bonds. The van der Waals surface area contributed by atoms with Crippen LogP contribution < -0.4 is 5.32 Å². The lowest BCUT2D eigenvalue weighted by Crippen LogP contribution is -2.06. The second-order valence-corrected chi connectivity index (χ2v) is 3.99. The zero-order chi connectivity index (χ0) is 12.5. The third-order valence-corrected chi connectivity index (χ3v) is 2.66. The van der Waals surface area contributed by atoms with Gasteiger partial charge in [0, 0.05) is 17.9 Å². The highest BCUT2D eigenvalue weighted by Crippen LogP contribution is 2.27. The summed E-state index contributed by atoms with van der Waals surface area (Å²) in [4.78, 5) is 11.1. The summed E-state index contributed by atoms with van der Waals surface area (Å²) in [5.41, 5.74) is 1.81. The van der Waals surface area contributed by atoms with Crippen molar-refractivity contribution in [3.8, 4) is 11.3 Å². The van der Waals surface area contributed by atoms with Gasteiger partial charge in [-0.1, -0.05) is 0 Å². The zero-order valence-electron chi connectivity index (χ0n) is 9.73. The van der Waals surface area contributed by atoms with Gasteiger partial charge in [-0.2, -0.15) is 5.10 Å². The largest absolute Gasteiger partial charge is 0.464 e. The molecule has 90 valence electrons. The molecule has 0 aliphatic carbocycles. The van der Waals surface area contributed by atoms with Gasteiger partial charge in [-0.05, 0) is 30.3 Å². The number of aromatic nitrogens is 2. The number of nitrogens with zero attached hydrogens (tertiary/aromatic N) is 1. The zero-order valence-corrected chi connectivity index (χ0v) is 9.73. The van der Waals surface area contributed by atoms with Gasteiger partial charge in [0.2, 0.25) is 5.91 Å². The summed E-state index contributed by atoms with van der Waals surface area (Å²) in [5.74, 6) is 1.17. The van der Waals surface area contributed by atoms with E-state index in [4.69, 9.17) is 4.42 Å². The van der Waals surface area contributed by atoms with Crippen LogP contribution in [0.25, 0.3) is 22.2 Å². The molecule has 2 N–H and O–H groups in total.